The molecular weight excluding hydrogens is 501 g/mol. The van der Waals surface area contributed by atoms with E-state index < -0.39 is 0 Å². The van der Waals surface area contributed by atoms with E-state index in [2.05, 4.69) is 52.1 Å². The third-order valence-electron chi connectivity index (χ3n) is 5.24. The van der Waals surface area contributed by atoms with E-state index in [1.165, 1.54) is 7.11 Å². The third-order valence-corrected chi connectivity index (χ3v) is 6.93. The van der Waals surface area contributed by atoms with E-state index in [1.54, 1.807) is 15.2 Å². The smallest absolute Gasteiger partial charge is 0.337 e. The van der Waals surface area contributed by atoms with Gasteiger partial charge >= 0.3 is 5.97 Å². The minimum absolute atomic E-state index is 0.344. The molecule has 0 aliphatic carbocycles. The van der Waals surface area contributed by atoms with Crippen LogP contribution in [0.2, 0.25) is 0 Å². The highest BCUT2D eigenvalue weighted by atomic mass is 127. The normalized spacial score (nSPS) is 11.7. The van der Waals surface area contributed by atoms with Gasteiger partial charge < -0.3 is 9.30 Å². The molecule has 0 radical (unpaired) electrons. The topological polar surface area (TPSA) is 66.9 Å². The van der Waals surface area contributed by atoms with E-state index in [0.717, 1.165) is 44.1 Å². The molecule has 29 heavy (non-hydrogen) atoms. The maximum atomic E-state index is 12.1. The quantitative estimate of drug-likeness (QED) is 0.256. The van der Waals surface area contributed by atoms with Gasteiger partial charge in [-0.25, -0.2) is 9.78 Å². The maximum absolute atomic E-state index is 12.1. The SMILES string of the molecule is COC(=O)c1ccc2c(c1)c(-c1cc3c4c(cnc3n1SI)cnn4C)cn2C. The Morgan fingerprint density at radius 3 is 2.76 bits per heavy atom. The first-order valence-electron chi connectivity index (χ1n) is 8.82. The van der Waals surface area contributed by atoms with Crippen molar-refractivity contribution < 1.29 is 9.53 Å². The van der Waals surface area contributed by atoms with Crippen LogP contribution in [0, 0.1) is 0 Å². The molecule has 0 saturated heterocycles. The van der Waals surface area contributed by atoms with Crippen LogP contribution < -0.4 is 0 Å². The van der Waals surface area contributed by atoms with Crippen molar-refractivity contribution in [2.24, 2.45) is 14.1 Å². The van der Waals surface area contributed by atoms with Crippen molar-refractivity contribution in [1.29, 1.82) is 0 Å². The van der Waals surface area contributed by atoms with Gasteiger partial charge in [0.2, 0.25) is 0 Å². The molecule has 5 aromatic rings. The summed E-state index contributed by atoms with van der Waals surface area (Å²) in [5, 5.41) is 7.42. The van der Waals surface area contributed by atoms with Crippen LogP contribution in [-0.2, 0) is 18.8 Å². The maximum Gasteiger partial charge on any atom is 0.337 e. The number of hydrogen-bond acceptors (Lipinski definition) is 5. The van der Waals surface area contributed by atoms with Gasteiger partial charge in [-0.15, -0.1) is 0 Å². The molecule has 4 aromatic heterocycles. The number of halogens is 1. The fourth-order valence-corrected chi connectivity index (χ4v) is 5.52. The predicted molar refractivity (Wildman–Crippen MR) is 124 cm³/mol. The van der Waals surface area contributed by atoms with E-state index in [9.17, 15) is 4.79 Å². The fraction of sp³-hybridized carbons (Fsp3) is 0.150. The lowest BCUT2D eigenvalue weighted by Gasteiger charge is -2.05. The third kappa shape index (κ3) is 2.67. The monoisotopic (exact) mass is 517 g/mol. The van der Waals surface area contributed by atoms with Gasteiger partial charge in [0.15, 0.2) is 5.65 Å². The van der Waals surface area contributed by atoms with E-state index in [0.29, 0.717) is 5.56 Å². The van der Waals surface area contributed by atoms with Crippen molar-refractivity contribution in [1.82, 2.24) is 23.3 Å². The first kappa shape index (κ1) is 18.5. The summed E-state index contributed by atoms with van der Waals surface area (Å²) < 4.78 is 11.0. The number of esters is 1. The highest BCUT2D eigenvalue weighted by molar-refractivity contribution is 14.2. The molecule has 0 saturated carbocycles. The predicted octanol–water partition coefficient (Wildman–Crippen LogP) is 4.71. The number of nitrogens with zero attached hydrogens (tertiary/aromatic N) is 5. The molecule has 146 valence electrons. The number of hydrogen-bond donors (Lipinski definition) is 0. The number of methoxy groups -OCH3 is 1. The molecule has 0 amide bonds. The second-order valence-corrected chi connectivity index (χ2v) is 8.52. The van der Waals surface area contributed by atoms with Gasteiger partial charge in [-0.2, -0.15) is 5.10 Å². The van der Waals surface area contributed by atoms with Crippen LogP contribution in [0.4, 0.5) is 0 Å². The Balaban J connectivity index is 1.85. The van der Waals surface area contributed by atoms with Crippen molar-refractivity contribution in [2.75, 3.05) is 7.11 Å². The van der Waals surface area contributed by atoms with Crippen LogP contribution >= 0.6 is 30.3 Å². The number of pyridine rings is 1. The zero-order chi connectivity index (χ0) is 20.3. The lowest BCUT2D eigenvalue weighted by molar-refractivity contribution is 0.0601. The Kier molecular flexibility index (Phi) is 4.32. The molecule has 0 bridgehead atoms. The summed E-state index contributed by atoms with van der Waals surface area (Å²) in [7, 11) is 6.91. The molecule has 9 heteroatoms. The van der Waals surface area contributed by atoms with Crippen molar-refractivity contribution in [3.63, 3.8) is 0 Å². The minimum atomic E-state index is -0.344. The lowest BCUT2D eigenvalue weighted by atomic mass is 10.1. The van der Waals surface area contributed by atoms with E-state index >= 15 is 0 Å². The van der Waals surface area contributed by atoms with Crippen LogP contribution in [0.5, 0.6) is 0 Å². The van der Waals surface area contributed by atoms with Gasteiger partial charge in [0.1, 0.15) is 0 Å². The van der Waals surface area contributed by atoms with Crippen molar-refractivity contribution in [2.45, 2.75) is 0 Å². The standard InChI is InChI=1S/C20H16IN5O2S/c1-24-10-15(13-6-11(20(27)28-3)4-5-16(13)24)17-7-14-18-12(9-23-25(18)2)8-22-19(14)26(17)29-21/h4-10H,1-3H3. The summed E-state index contributed by atoms with van der Waals surface area (Å²) in [5.41, 5.74) is 5.57. The largest absolute Gasteiger partial charge is 0.465 e. The van der Waals surface area contributed by atoms with Gasteiger partial charge in [-0.05, 0) is 24.3 Å². The van der Waals surface area contributed by atoms with E-state index in [-0.39, 0.29) is 5.97 Å². The minimum Gasteiger partial charge on any atom is -0.465 e. The van der Waals surface area contributed by atoms with Crippen LogP contribution in [0.1, 0.15) is 10.4 Å². The number of rotatable bonds is 3. The number of aromatic nitrogens is 5. The van der Waals surface area contributed by atoms with Crippen molar-refractivity contribution >= 4 is 69.1 Å². The Hall–Kier alpha value is -2.53. The first-order valence-corrected chi connectivity index (χ1v) is 12.1. The Labute approximate surface area is 182 Å². The van der Waals surface area contributed by atoms with Gasteiger partial charge in [0, 0.05) is 84.1 Å². The molecule has 5 rings (SSSR count). The molecule has 4 heterocycles. The molecule has 0 N–H and O–H groups in total. The van der Waals surface area contributed by atoms with E-state index in [4.69, 9.17) is 4.74 Å². The molecule has 0 aliphatic heterocycles. The summed E-state index contributed by atoms with van der Waals surface area (Å²) in [6, 6.07) is 7.79. The summed E-state index contributed by atoms with van der Waals surface area (Å²) in [6.45, 7) is 0. The Morgan fingerprint density at radius 2 is 2.00 bits per heavy atom. The summed E-state index contributed by atoms with van der Waals surface area (Å²) >= 11 is 2.27. The molecular formula is C20H16IN5O2S. The second-order valence-electron chi connectivity index (χ2n) is 6.84. The zero-order valence-electron chi connectivity index (χ0n) is 15.9. The highest BCUT2D eigenvalue weighted by Crippen LogP contribution is 2.39. The number of fused-ring (bicyclic) bond motifs is 4. The molecule has 1 aromatic carbocycles. The number of carbonyl (C=O) groups excluding carboxylic acids is 1. The van der Waals surface area contributed by atoms with E-state index in [1.807, 2.05) is 43.3 Å². The second kappa shape index (κ2) is 6.77. The first-order chi connectivity index (χ1) is 14.0. The summed E-state index contributed by atoms with van der Waals surface area (Å²) in [4.78, 5) is 16.8. The van der Waals surface area contributed by atoms with Crippen LogP contribution in [0.25, 0.3) is 44.1 Å². The fourth-order valence-electron chi connectivity index (χ4n) is 3.89. The molecule has 0 fully saturated rings. The van der Waals surface area contributed by atoms with Crippen LogP contribution in [0.3, 0.4) is 0 Å². The zero-order valence-corrected chi connectivity index (χ0v) is 18.9. The average molecular weight is 517 g/mol. The molecule has 0 spiro atoms. The van der Waals surface area contributed by atoms with Crippen LogP contribution in [-0.4, -0.2) is 36.4 Å². The van der Waals surface area contributed by atoms with Gasteiger partial charge in [-0.1, -0.05) is 0 Å². The molecule has 0 atom stereocenters. The summed E-state index contributed by atoms with van der Waals surface area (Å²) in [6.07, 6.45) is 5.77. The van der Waals surface area contributed by atoms with Gasteiger partial charge in [-0.3, -0.25) is 8.65 Å². The number of benzene rings is 1. The Morgan fingerprint density at radius 1 is 1.17 bits per heavy atom. The molecule has 0 unspecified atom stereocenters. The van der Waals surface area contributed by atoms with Crippen molar-refractivity contribution in [3.8, 4) is 11.3 Å². The average Bonchev–Trinajstić information content (AvgIpc) is 3.39. The number of carbonyl (C=O) groups is 1. The van der Waals surface area contributed by atoms with Gasteiger partial charge in [0.25, 0.3) is 0 Å². The van der Waals surface area contributed by atoms with Gasteiger partial charge in [0.05, 0.1) is 30.1 Å². The highest BCUT2D eigenvalue weighted by Gasteiger charge is 2.20. The lowest BCUT2D eigenvalue weighted by Crippen LogP contribution is -2.00. The molecule has 0 aliphatic rings. The Bertz CT molecular complexity index is 1430. The number of aryl methyl sites for hydroxylation is 2. The summed E-state index contributed by atoms with van der Waals surface area (Å²) in [5.74, 6) is -0.344. The van der Waals surface area contributed by atoms with Crippen LogP contribution in [0.15, 0.2) is 42.9 Å². The van der Waals surface area contributed by atoms with Crippen molar-refractivity contribution in [3.05, 3.63) is 48.4 Å². The molecule has 7 nitrogen and oxygen atoms in total. The number of ether oxygens (including phenoxy) is 1.